The van der Waals surface area contributed by atoms with Crippen molar-refractivity contribution in [3.05, 3.63) is 82.3 Å². The van der Waals surface area contributed by atoms with Crippen LogP contribution in [0, 0.1) is 19.7 Å². The molecule has 1 heterocycles. The van der Waals surface area contributed by atoms with E-state index in [9.17, 15) is 27.2 Å². The normalized spacial score (nSPS) is 11.3. The van der Waals surface area contributed by atoms with E-state index in [4.69, 9.17) is 5.73 Å². The number of amides is 1. The molecule has 0 radical (unpaired) electrons. The average Bonchev–Trinajstić information content (AvgIpc) is 2.73. The fourth-order valence-electron chi connectivity index (χ4n) is 3.02. The Hall–Kier alpha value is -3.75. The van der Waals surface area contributed by atoms with Crippen molar-refractivity contribution in [1.82, 2.24) is 10.3 Å². The van der Waals surface area contributed by atoms with Gasteiger partial charge in [-0.05, 0) is 61.4 Å². The predicted molar refractivity (Wildman–Crippen MR) is 112 cm³/mol. The van der Waals surface area contributed by atoms with Gasteiger partial charge in [0.15, 0.2) is 11.5 Å². The largest absolute Gasteiger partial charge is 0.418 e. The van der Waals surface area contributed by atoms with Crippen molar-refractivity contribution in [2.75, 3.05) is 12.3 Å². The number of ketones is 1. The van der Waals surface area contributed by atoms with Crippen LogP contribution in [-0.4, -0.2) is 23.2 Å². The Morgan fingerprint density at radius 3 is 2.25 bits per heavy atom. The summed E-state index contributed by atoms with van der Waals surface area (Å²) >= 11 is 0. The van der Waals surface area contributed by atoms with Gasteiger partial charge in [0.25, 0.3) is 5.91 Å². The molecule has 0 aliphatic carbocycles. The molecule has 3 rings (SSSR count). The van der Waals surface area contributed by atoms with Gasteiger partial charge in [-0.1, -0.05) is 12.1 Å². The first-order valence-electron chi connectivity index (χ1n) is 9.49. The third kappa shape index (κ3) is 4.93. The van der Waals surface area contributed by atoms with Gasteiger partial charge in [-0.2, -0.15) is 13.2 Å². The molecule has 3 aromatic rings. The lowest BCUT2D eigenvalue weighted by molar-refractivity contribution is -0.137. The van der Waals surface area contributed by atoms with Crippen LogP contribution in [0.2, 0.25) is 0 Å². The Balaban J connectivity index is 1.93. The van der Waals surface area contributed by atoms with Crippen LogP contribution in [0.25, 0.3) is 11.3 Å². The molecule has 5 nitrogen and oxygen atoms in total. The predicted octanol–water partition coefficient (Wildman–Crippen LogP) is 4.72. The second-order valence-corrected chi connectivity index (χ2v) is 7.23. The second-order valence-electron chi connectivity index (χ2n) is 7.23. The second kappa shape index (κ2) is 8.78. The van der Waals surface area contributed by atoms with Crippen molar-refractivity contribution in [1.29, 1.82) is 0 Å². The lowest BCUT2D eigenvalue weighted by atomic mass is 9.99. The van der Waals surface area contributed by atoms with Gasteiger partial charge in [-0.15, -0.1) is 0 Å². The number of halogens is 4. The molecule has 0 aliphatic heterocycles. The number of nitrogens with one attached hydrogen (secondary N) is 1. The highest BCUT2D eigenvalue weighted by atomic mass is 19.4. The fourth-order valence-corrected chi connectivity index (χ4v) is 3.02. The van der Waals surface area contributed by atoms with Gasteiger partial charge in [0.05, 0.1) is 23.5 Å². The number of hydrogen-bond donors (Lipinski definition) is 2. The van der Waals surface area contributed by atoms with Gasteiger partial charge in [0.2, 0.25) is 0 Å². The highest BCUT2D eigenvalue weighted by Gasteiger charge is 2.36. The number of alkyl halides is 3. The number of nitrogens with zero attached hydrogens (tertiary/aromatic N) is 1. The molecule has 0 fully saturated rings. The van der Waals surface area contributed by atoms with Crippen LogP contribution in [0.5, 0.6) is 0 Å². The maximum Gasteiger partial charge on any atom is 0.418 e. The van der Waals surface area contributed by atoms with Crippen molar-refractivity contribution < 1.29 is 27.2 Å². The third-order valence-corrected chi connectivity index (χ3v) is 4.93. The van der Waals surface area contributed by atoms with Gasteiger partial charge in [0, 0.05) is 11.1 Å². The van der Waals surface area contributed by atoms with Crippen molar-refractivity contribution in [3.63, 3.8) is 0 Å². The van der Waals surface area contributed by atoms with Crippen LogP contribution >= 0.6 is 0 Å². The standard InChI is InChI=1S/C23H19F4N3O2/c1-12-3-4-15(9-13(12)2)20-17(23(25,26)27)10-18(28)21(30-20)22(32)29-11-19(31)14-5-7-16(24)8-6-14/h3-10H,11,28H2,1-2H3,(H,29,32). The first-order chi connectivity index (χ1) is 15.0. The molecule has 32 heavy (non-hydrogen) atoms. The number of nitrogen functional groups attached to an aromatic ring is 1. The number of pyridine rings is 1. The molecular weight excluding hydrogens is 426 g/mol. The minimum absolute atomic E-state index is 0.163. The zero-order valence-electron chi connectivity index (χ0n) is 17.2. The van der Waals surface area contributed by atoms with E-state index in [1.54, 1.807) is 19.1 Å². The molecule has 2 aromatic carbocycles. The SMILES string of the molecule is Cc1ccc(-c2nc(C(=O)NCC(=O)c3ccc(F)cc3)c(N)cc2C(F)(F)F)cc1C. The summed E-state index contributed by atoms with van der Waals surface area (Å²) in [5, 5.41) is 2.30. The summed E-state index contributed by atoms with van der Waals surface area (Å²) in [6, 6.07) is 10.1. The first-order valence-corrected chi connectivity index (χ1v) is 9.49. The number of hydrogen-bond acceptors (Lipinski definition) is 4. The number of rotatable bonds is 5. The highest BCUT2D eigenvalue weighted by Crippen LogP contribution is 2.38. The van der Waals surface area contributed by atoms with Crippen molar-refractivity contribution in [3.8, 4) is 11.3 Å². The Kier molecular flexibility index (Phi) is 6.29. The molecule has 1 aromatic heterocycles. The Bertz CT molecular complexity index is 1190. The summed E-state index contributed by atoms with van der Waals surface area (Å²) < 4.78 is 53.9. The molecular formula is C23H19F4N3O2. The molecule has 0 saturated carbocycles. The van der Waals surface area contributed by atoms with Gasteiger partial charge in [-0.25, -0.2) is 9.37 Å². The number of carbonyl (C=O) groups excluding carboxylic acids is 2. The lowest BCUT2D eigenvalue weighted by Crippen LogP contribution is -2.31. The van der Waals surface area contributed by atoms with Gasteiger partial charge < -0.3 is 11.1 Å². The summed E-state index contributed by atoms with van der Waals surface area (Å²) in [5.74, 6) is -1.94. The van der Waals surface area contributed by atoms with Crippen LogP contribution in [0.1, 0.15) is 37.5 Å². The molecule has 3 N–H and O–H groups in total. The molecule has 0 bridgehead atoms. The van der Waals surface area contributed by atoms with E-state index < -0.39 is 52.9 Å². The zero-order valence-corrected chi connectivity index (χ0v) is 17.2. The number of carbonyl (C=O) groups is 2. The highest BCUT2D eigenvalue weighted by molar-refractivity contribution is 6.03. The van der Waals surface area contributed by atoms with Gasteiger partial charge in [-0.3, -0.25) is 9.59 Å². The van der Waals surface area contributed by atoms with Gasteiger partial charge >= 0.3 is 6.18 Å². The van der Waals surface area contributed by atoms with E-state index in [2.05, 4.69) is 10.3 Å². The number of aromatic nitrogens is 1. The molecule has 9 heteroatoms. The minimum atomic E-state index is -4.75. The van der Waals surface area contributed by atoms with E-state index >= 15 is 0 Å². The smallest absolute Gasteiger partial charge is 0.397 e. The van der Waals surface area contributed by atoms with Crippen LogP contribution in [0.3, 0.4) is 0 Å². The Morgan fingerprint density at radius 2 is 1.66 bits per heavy atom. The molecule has 0 unspecified atom stereocenters. The molecule has 0 aliphatic rings. The number of nitrogens with two attached hydrogens (primary N) is 1. The topological polar surface area (TPSA) is 85.1 Å². The van der Waals surface area contributed by atoms with Crippen LogP contribution < -0.4 is 11.1 Å². The number of benzene rings is 2. The van der Waals surface area contributed by atoms with Gasteiger partial charge in [0.1, 0.15) is 5.82 Å². The minimum Gasteiger partial charge on any atom is -0.397 e. The van der Waals surface area contributed by atoms with Crippen LogP contribution in [0.4, 0.5) is 23.2 Å². The zero-order chi connectivity index (χ0) is 23.6. The maximum atomic E-state index is 13.6. The number of Topliss-reactive ketones (excluding diaryl/α,β-unsaturated/α-hetero) is 1. The van der Waals surface area contributed by atoms with Crippen molar-refractivity contribution in [2.24, 2.45) is 0 Å². The van der Waals surface area contributed by atoms with E-state index in [0.29, 0.717) is 6.07 Å². The average molecular weight is 445 g/mol. The van der Waals surface area contributed by atoms with Crippen LogP contribution in [-0.2, 0) is 6.18 Å². The monoisotopic (exact) mass is 445 g/mol. The fraction of sp³-hybridized carbons (Fsp3) is 0.174. The number of aryl methyl sites for hydroxylation is 2. The van der Waals surface area contributed by atoms with E-state index in [-0.39, 0.29) is 11.1 Å². The quantitative estimate of drug-likeness (QED) is 0.440. The molecule has 0 saturated heterocycles. The Labute approximate surface area is 181 Å². The molecule has 0 spiro atoms. The summed E-state index contributed by atoms with van der Waals surface area (Å²) in [7, 11) is 0. The van der Waals surface area contributed by atoms with E-state index in [1.807, 2.05) is 6.92 Å². The molecule has 166 valence electrons. The lowest BCUT2D eigenvalue weighted by Gasteiger charge is -2.16. The van der Waals surface area contributed by atoms with Crippen LogP contribution in [0.15, 0.2) is 48.5 Å². The summed E-state index contributed by atoms with van der Waals surface area (Å²) in [6.45, 7) is 3.10. The molecule has 0 atom stereocenters. The van der Waals surface area contributed by atoms with Crippen molar-refractivity contribution >= 4 is 17.4 Å². The van der Waals surface area contributed by atoms with Crippen molar-refractivity contribution in [2.45, 2.75) is 20.0 Å². The van der Waals surface area contributed by atoms with E-state index in [0.717, 1.165) is 23.3 Å². The summed E-state index contributed by atoms with van der Waals surface area (Å²) in [4.78, 5) is 28.7. The Morgan fingerprint density at radius 1 is 1.00 bits per heavy atom. The number of anilines is 1. The maximum absolute atomic E-state index is 13.6. The van der Waals surface area contributed by atoms with E-state index in [1.165, 1.54) is 18.2 Å². The third-order valence-electron chi connectivity index (χ3n) is 4.93. The summed E-state index contributed by atoms with van der Waals surface area (Å²) in [5.41, 5.74) is 5.26. The summed E-state index contributed by atoms with van der Waals surface area (Å²) in [6.07, 6.45) is -4.75. The molecule has 1 amide bonds. The first kappa shape index (κ1) is 22.9.